The van der Waals surface area contributed by atoms with E-state index in [1.807, 2.05) is 20.8 Å². The maximum absolute atomic E-state index is 13.2. The molecule has 284 valence electrons. The second-order valence-electron chi connectivity index (χ2n) is 14.0. The zero-order valence-corrected chi connectivity index (χ0v) is 30.2. The van der Waals surface area contributed by atoms with Crippen LogP contribution < -0.4 is 0 Å². The van der Waals surface area contributed by atoms with Crippen molar-refractivity contribution in [2.75, 3.05) is 13.2 Å². The molecule has 1 saturated heterocycles. The molecule has 51 heavy (non-hydrogen) atoms. The van der Waals surface area contributed by atoms with Crippen LogP contribution in [0.3, 0.4) is 0 Å². The lowest BCUT2D eigenvalue weighted by atomic mass is 9.65. The monoisotopic (exact) mass is 718 g/mol. The molecule has 1 unspecified atom stereocenters. The smallest absolute Gasteiger partial charge is 0.461 e. The molecule has 13 heteroatoms. The minimum atomic E-state index is -1.87. The first-order valence-electron chi connectivity index (χ1n) is 17.5. The van der Waals surface area contributed by atoms with Crippen LogP contribution in [0.1, 0.15) is 66.7 Å². The molecule has 0 spiro atoms. The fourth-order valence-electron chi connectivity index (χ4n) is 6.40. The van der Waals surface area contributed by atoms with Gasteiger partial charge in [-0.1, -0.05) is 70.4 Å². The van der Waals surface area contributed by atoms with Gasteiger partial charge in [-0.05, 0) is 62.9 Å². The van der Waals surface area contributed by atoms with Crippen molar-refractivity contribution in [1.82, 2.24) is 0 Å². The highest BCUT2D eigenvalue weighted by atomic mass is 16.7. The Labute approximate surface area is 299 Å². The number of allylic oxidation sites excluding steroid dienone is 3. The Bertz CT molecular complexity index is 1330. The molecule has 0 aromatic rings. The van der Waals surface area contributed by atoms with Gasteiger partial charge in [-0.3, -0.25) is 4.79 Å². The van der Waals surface area contributed by atoms with Gasteiger partial charge in [0.2, 0.25) is 6.29 Å². The van der Waals surface area contributed by atoms with E-state index in [0.29, 0.717) is 25.7 Å². The lowest BCUT2D eigenvalue weighted by Crippen LogP contribution is -2.60. The molecule has 3 N–H and O–H groups in total. The molecule has 1 heterocycles. The van der Waals surface area contributed by atoms with Crippen LogP contribution >= 0.6 is 0 Å². The summed E-state index contributed by atoms with van der Waals surface area (Å²) >= 11 is 0. The van der Waals surface area contributed by atoms with E-state index in [1.165, 1.54) is 18.2 Å². The highest BCUT2D eigenvalue weighted by Gasteiger charge is 2.49. The van der Waals surface area contributed by atoms with Crippen LogP contribution in [0.4, 0.5) is 4.79 Å². The molecule has 0 aromatic carbocycles. The van der Waals surface area contributed by atoms with Crippen LogP contribution in [0.5, 0.6) is 0 Å². The van der Waals surface area contributed by atoms with Gasteiger partial charge in [0, 0.05) is 18.4 Å². The Balaban J connectivity index is 1.72. The van der Waals surface area contributed by atoms with Crippen molar-refractivity contribution < 1.29 is 62.9 Å². The molecule has 1 fully saturated rings. The minimum Gasteiger partial charge on any atom is -0.461 e. The number of ether oxygens (including phenoxy) is 6. The van der Waals surface area contributed by atoms with E-state index in [-0.39, 0.29) is 55.4 Å². The molecule has 0 amide bonds. The Kier molecular flexibility index (Phi) is 15.6. The topological polar surface area (TPSA) is 184 Å². The Morgan fingerprint density at radius 2 is 1.71 bits per heavy atom. The van der Waals surface area contributed by atoms with Gasteiger partial charge in [-0.25, -0.2) is 14.4 Å². The van der Waals surface area contributed by atoms with Crippen molar-refractivity contribution in [3.8, 4) is 0 Å². The third-order valence-electron chi connectivity index (χ3n) is 9.72. The van der Waals surface area contributed by atoms with Gasteiger partial charge < -0.3 is 43.7 Å². The minimum absolute atomic E-state index is 0.0506. The summed E-state index contributed by atoms with van der Waals surface area (Å²) < 4.78 is 32.1. The molecule has 0 saturated carbocycles. The zero-order chi connectivity index (χ0) is 37.9. The van der Waals surface area contributed by atoms with Gasteiger partial charge >= 0.3 is 24.1 Å². The molecule has 11 atom stereocenters. The summed E-state index contributed by atoms with van der Waals surface area (Å²) in [6, 6.07) is 0. The standard InChI is InChI=1S/C38H54O13/c1-8-18-46-34(43)33-31(41)30(40)32(42)35(51-33)50-28(39)13-11-12-25(48-37(45)47-19-9-2)16-17-26-23(5)14-15-24-20-22(4)21-27(29(24)26)49-36(44)38(6,7)10-3/h8-9,11,13-15,20,22-23,25-27,29-33,35,40-42H,1-2,10,12,16-19,21H2,3-7H3/b13-11+/t22-,23-,25-,26-,27-,29-,30-,31-,32+,33-,35?/m0/s1. The molecule has 2 aliphatic carbocycles. The van der Waals surface area contributed by atoms with Crippen LogP contribution in [-0.2, 0) is 42.8 Å². The SMILES string of the molecule is C=CCOC(=O)O[C@@H](C/C=C/C(=O)OC1O[C@H](C(=O)OCC=C)[C@@H](O)[C@H](O)[C@H]1O)CC[C@@H]1[C@@H]2C(=C[C@H](C)C[C@@H]2OC(=O)C(C)(C)CC)C=C[C@@H]1C. The normalized spacial score (nSPS) is 31.0. The maximum atomic E-state index is 13.2. The highest BCUT2D eigenvalue weighted by Crippen LogP contribution is 2.45. The zero-order valence-electron chi connectivity index (χ0n) is 30.2. The predicted molar refractivity (Wildman–Crippen MR) is 184 cm³/mol. The van der Waals surface area contributed by atoms with Crippen molar-refractivity contribution in [2.24, 2.45) is 29.1 Å². The summed E-state index contributed by atoms with van der Waals surface area (Å²) in [7, 11) is 0. The van der Waals surface area contributed by atoms with Gasteiger partial charge in [0.1, 0.15) is 43.7 Å². The second kappa shape index (κ2) is 19.2. The van der Waals surface area contributed by atoms with Gasteiger partial charge in [-0.15, -0.1) is 0 Å². The molecule has 13 nitrogen and oxygen atoms in total. The highest BCUT2D eigenvalue weighted by molar-refractivity contribution is 5.82. The molecule has 3 rings (SSSR count). The summed E-state index contributed by atoms with van der Waals surface area (Å²) in [6.07, 6.45) is 2.98. The number of hydrogen-bond donors (Lipinski definition) is 3. The summed E-state index contributed by atoms with van der Waals surface area (Å²) in [5.74, 6) is -1.91. The van der Waals surface area contributed by atoms with Gasteiger partial charge in [0.15, 0.2) is 6.10 Å². The van der Waals surface area contributed by atoms with Gasteiger partial charge in [0.25, 0.3) is 0 Å². The van der Waals surface area contributed by atoms with Crippen molar-refractivity contribution >= 4 is 24.1 Å². The molecular formula is C38H54O13. The summed E-state index contributed by atoms with van der Waals surface area (Å²) in [4.78, 5) is 50.6. The Hall–Kier alpha value is -3.78. The van der Waals surface area contributed by atoms with Crippen LogP contribution in [0.25, 0.3) is 0 Å². The van der Waals surface area contributed by atoms with E-state index in [9.17, 15) is 34.5 Å². The number of esters is 3. The van der Waals surface area contributed by atoms with Crippen LogP contribution in [-0.4, -0.2) is 95.5 Å². The first-order valence-corrected chi connectivity index (χ1v) is 17.5. The third-order valence-corrected chi connectivity index (χ3v) is 9.72. The fourth-order valence-corrected chi connectivity index (χ4v) is 6.40. The largest absolute Gasteiger partial charge is 0.508 e. The number of rotatable bonds is 16. The third kappa shape index (κ3) is 11.4. The number of aliphatic hydroxyl groups excluding tert-OH is 3. The average Bonchev–Trinajstić information content (AvgIpc) is 3.09. The van der Waals surface area contributed by atoms with E-state index in [4.69, 9.17) is 28.4 Å². The van der Waals surface area contributed by atoms with Crippen molar-refractivity contribution in [1.29, 1.82) is 0 Å². The predicted octanol–water partition coefficient (Wildman–Crippen LogP) is 4.25. The van der Waals surface area contributed by atoms with E-state index >= 15 is 0 Å². The van der Waals surface area contributed by atoms with Gasteiger partial charge in [-0.2, -0.15) is 0 Å². The Morgan fingerprint density at radius 3 is 2.37 bits per heavy atom. The summed E-state index contributed by atoms with van der Waals surface area (Å²) in [5.41, 5.74) is 0.505. The van der Waals surface area contributed by atoms with E-state index in [0.717, 1.165) is 11.6 Å². The van der Waals surface area contributed by atoms with Gasteiger partial charge in [0.05, 0.1) is 5.41 Å². The number of fused-ring (bicyclic) bond motifs is 1. The van der Waals surface area contributed by atoms with Crippen molar-refractivity contribution in [3.05, 3.63) is 61.3 Å². The van der Waals surface area contributed by atoms with E-state index < -0.39 is 60.3 Å². The van der Waals surface area contributed by atoms with Crippen LogP contribution in [0, 0.1) is 29.1 Å². The van der Waals surface area contributed by atoms with Crippen LogP contribution in [0.15, 0.2) is 61.3 Å². The summed E-state index contributed by atoms with van der Waals surface area (Å²) in [5, 5.41) is 30.7. The number of carbonyl (C=O) groups is 4. The van der Waals surface area contributed by atoms with E-state index in [1.54, 1.807) is 0 Å². The quantitative estimate of drug-likeness (QED) is 0.0892. The first kappa shape index (κ1) is 41.6. The average molecular weight is 719 g/mol. The molecule has 0 bridgehead atoms. The second-order valence-corrected chi connectivity index (χ2v) is 14.0. The lowest BCUT2D eigenvalue weighted by molar-refractivity contribution is -0.285. The number of carbonyl (C=O) groups excluding carboxylic acids is 4. The molecule has 3 aliphatic rings. The first-order chi connectivity index (χ1) is 24.1. The lowest BCUT2D eigenvalue weighted by Gasteiger charge is -2.44. The Morgan fingerprint density at radius 1 is 1.02 bits per heavy atom. The maximum Gasteiger partial charge on any atom is 0.508 e. The van der Waals surface area contributed by atoms with Crippen molar-refractivity contribution in [2.45, 2.75) is 110 Å². The number of hydrogen-bond acceptors (Lipinski definition) is 13. The number of aliphatic hydroxyl groups is 3. The molecule has 0 aromatic heterocycles. The molecular weight excluding hydrogens is 664 g/mol. The fraction of sp³-hybridized carbons (Fsp3) is 0.632. The molecule has 1 aliphatic heterocycles. The van der Waals surface area contributed by atoms with Crippen LogP contribution in [0.2, 0.25) is 0 Å². The van der Waals surface area contributed by atoms with Crippen molar-refractivity contribution in [3.63, 3.8) is 0 Å². The van der Waals surface area contributed by atoms with E-state index in [2.05, 4.69) is 45.2 Å². The summed E-state index contributed by atoms with van der Waals surface area (Å²) in [6.45, 7) is 16.6. The molecule has 0 radical (unpaired) electrons.